The maximum atomic E-state index is 5.82. The van der Waals surface area contributed by atoms with Gasteiger partial charge in [0.05, 0.1) is 13.2 Å². The minimum absolute atomic E-state index is 0.182. The van der Waals surface area contributed by atoms with E-state index in [1.54, 1.807) is 7.11 Å². The zero-order valence-corrected chi connectivity index (χ0v) is 12.7. The fourth-order valence-electron chi connectivity index (χ4n) is 1.44. The topological polar surface area (TPSA) is 81.2 Å². The van der Waals surface area contributed by atoms with E-state index in [1.807, 2.05) is 6.92 Å². The quantitative estimate of drug-likeness (QED) is 0.603. The van der Waals surface area contributed by atoms with Crippen LogP contribution in [-0.2, 0) is 9.47 Å². The number of unbranched alkanes of at least 4 members (excludes halogenated alkanes) is 1. The summed E-state index contributed by atoms with van der Waals surface area (Å²) in [6.07, 6.45) is 1.93. The number of nitrogens with one attached hydrogen (secondary N) is 2. The van der Waals surface area contributed by atoms with Crippen LogP contribution in [0.3, 0.4) is 0 Å². The van der Waals surface area contributed by atoms with Crippen molar-refractivity contribution in [2.75, 3.05) is 50.7 Å². The summed E-state index contributed by atoms with van der Waals surface area (Å²) in [6.45, 7) is 5.46. The van der Waals surface area contributed by atoms with Gasteiger partial charge in [0.25, 0.3) is 0 Å². The molecular formula is C12H22ClN5O2. The van der Waals surface area contributed by atoms with Gasteiger partial charge in [0.1, 0.15) is 0 Å². The zero-order chi connectivity index (χ0) is 14.6. The fraction of sp³-hybridized carbons (Fsp3) is 0.750. The fourth-order valence-corrected chi connectivity index (χ4v) is 1.60. The van der Waals surface area contributed by atoms with Gasteiger partial charge in [-0.25, -0.2) is 0 Å². The second-order valence-corrected chi connectivity index (χ2v) is 4.36. The molecule has 0 saturated carbocycles. The predicted molar refractivity (Wildman–Crippen MR) is 79.4 cm³/mol. The average Bonchev–Trinajstić information content (AvgIpc) is 2.41. The SMILES string of the molecule is CCNc1nc(Cl)nc(NCCCCOCCOC)n1. The first kappa shape index (κ1) is 16.9. The summed E-state index contributed by atoms with van der Waals surface area (Å²) in [7, 11) is 1.66. The van der Waals surface area contributed by atoms with Crippen LogP contribution in [0.15, 0.2) is 0 Å². The summed E-state index contributed by atoms with van der Waals surface area (Å²) in [5, 5.41) is 6.30. The van der Waals surface area contributed by atoms with Gasteiger partial charge in [-0.1, -0.05) is 0 Å². The van der Waals surface area contributed by atoms with Crippen molar-refractivity contribution in [2.24, 2.45) is 0 Å². The van der Waals surface area contributed by atoms with Crippen molar-refractivity contribution in [3.05, 3.63) is 5.28 Å². The van der Waals surface area contributed by atoms with E-state index in [9.17, 15) is 0 Å². The summed E-state index contributed by atoms with van der Waals surface area (Å²) < 4.78 is 10.3. The Morgan fingerprint density at radius 1 is 1.00 bits per heavy atom. The van der Waals surface area contributed by atoms with Crippen molar-refractivity contribution < 1.29 is 9.47 Å². The van der Waals surface area contributed by atoms with Crippen molar-refractivity contribution in [3.63, 3.8) is 0 Å². The summed E-state index contributed by atoms with van der Waals surface area (Å²) >= 11 is 5.82. The molecule has 0 atom stereocenters. The van der Waals surface area contributed by atoms with E-state index < -0.39 is 0 Å². The minimum atomic E-state index is 0.182. The second-order valence-electron chi connectivity index (χ2n) is 4.02. The molecule has 0 radical (unpaired) electrons. The highest BCUT2D eigenvalue weighted by atomic mass is 35.5. The lowest BCUT2D eigenvalue weighted by molar-refractivity contribution is 0.0691. The molecule has 0 aromatic carbocycles. The largest absolute Gasteiger partial charge is 0.382 e. The molecule has 0 bridgehead atoms. The van der Waals surface area contributed by atoms with Crippen LogP contribution in [0.5, 0.6) is 0 Å². The normalized spacial score (nSPS) is 10.6. The third kappa shape index (κ3) is 7.42. The Balaban J connectivity index is 2.18. The Morgan fingerprint density at radius 2 is 1.75 bits per heavy atom. The van der Waals surface area contributed by atoms with E-state index >= 15 is 0 Å². The van der Waals surface area contributed by atoms with Crippen LogP contribution in [0, 0.1) is 0 Å². The molecule has 7 nitrogen and oxygen atoms in total. The summed E-state index contributed by atoms with van der Waals surface area (Å²) in [5.41, 5.74) is 0. The Kier molecular flexibility index (Phi) is 8.93. The number of ether oxygens (including phenoxy) is 2. The van der Waals surface area contributed by atoms with E-state index in [4.69, 9.17) is 21.1 Å². The lowest BCUT2D eigenvalue weighted by Crippen LogP contribution is -2.10. The molecule has 0 aliphatic rings. The van der Waals surface area contributed by atoms with Crippen LogP contribution in [0.25, 0.3) is 0 Å². The number of nitrogens with zero attached hydrogens (tertiary/aromatic N) is 3. The predicted octanol–water partition coefficient (Wildman–Crippen LogP) is 1.81. The monoisotopic (exact) mass is 303 g/mol. The standard InChI is InChI=1S/C12H22ClN5O2/c1-3-14-11-16-10(13)17-12(18-11)15-6-4-5-7-20-9-8-19-2/h3-9H2,1-2H3,(H2,14,15,16,17,18). The molecule has 1 heterocycles. The van der Waals surface area contributed by atoms with Gasteiger partial charge in [0.15, 0.2) is 0 Å². The molecule has 0 aliphatic heterocycles. The van der Waals surface area contributed by atoms with E-state index in [0.29, 0.717) is 25.1 Å². The maximum absolute atomic E-state index is 5.82. The Hall–Kier alpha value is -1.18. The highest BCUT2D eigenvalue weighted by Crippen LogP contribution is 2.09. The number of methoxy groups -OCH3 is 1. The molecule has 0 spiro atoms. The van der Waals surface area contributed by atoms with Gasteiger partial charge in [-0.3, -0.25) is 0 Å². The van der Waals surface area contributed by atoms with Crippen LogP contribution in [0.2, 0.25) is 5.28 Å². The van der Waals surface area contributed by atoms with Gasteiger partial charge >= 0.3 is 0 Å². The van der Waals surface area contributed by atoms with Crippen molar-refractivity contribution >= 4 is 23.5 Å². The minimum Gasteiger partial charge on any atom is -0.382 e. The molecule has 20 heavy (non-hydrogen) atoms. The zero-order valence-electron chi connectivity index (χ0n) is 12.0. The maximum Gasteiger partial charge on any atom is 0.228 e. The van der Waals surface area contributed by atoms with Gasteiger partial charge in [0.2, 0.25) is 17.2 Å². The molecule has 0 aliphatic carbocycles. The Bertz CT molecular complexity index is 381. The van der Waals surface area contributed by atoms with E-state index in [-0.39, 0.29) is 5.28 Å². The molecule has 0 saturated heterocycles. The van der Waals surface area contributed by atoms with Crippen molar-refractivity contribution in [2.45, 2.75) is 19.8 Å². The number of rotatable bonds is 11. The van der Waals surface area contributed by atoms with Crippen LogP contribution in [0.1, 0.15) is 19.8 Å². The Labute approximate surface area is 124 Å². The molecule has 0 unspecified atom stereocenters. The second kappa shape index (κ2) is 10.6. The molecular weight excluding hydrogens is 282 g/mol. The highest BCUT2D eigenvalue weighted by Gasteiger charge is 2.03. The molecule has 114 valence electrons. The number of anilines is 2. The smallest absolute Gasteiger partial charge is 0.228 e. The van der Waals surface area contributed by atoms with Crippen molar-refractivity contribution in [1.29, 1.82) is 0 Å². The summed E-state index contributed by atoms with van der Waals surface area (Å²) in [6, 6.07) is 0. The first-order valence-corrected chi connectivity index (χ1v) is 7.10. The molecule has 0 amide bonds. The van der Waals surface area contributed by atoms with Gasteiger partial charge in [-0.2, -0.15) is 15.0 Å². The van der Waals surface area contributed by atoms with E-state index in [0.717, 1.165) is 32.5 Å². The van der Waals surface area contributed by atoms with Crippen LogP contribution >= 0.6 is 11.6 Å². The van der Waals surface area contributed by atoms with Crippen LogP contribution in [-0.4, -0.2) is 55.0 Å². The highest BCUT2D eigenvalue weighted by molar-refractivity contribution is 6.28. The molecule has 2 N–H and O–H groups in total. The molecule has 1 aromatic heterocycles. The van der Waals surface area contributed by atoms with E-state index in [1.165, 1.54) is 0 Å². The Morgan fingerprint density at radius 3 is 2.45 bits per heavy atom. The van der Waals surface area contributed by atoms with Gasteiger partial charge in [0, 0.05) is 26.8 Å². The summed E-state index contributed by atoms with van der Waals surface area (Å²) in [5.74, 6) is 0.971. The lowest BCUT2D eigenvalue weighted by atomic mass is 10.3. The molecule has 0 fully saturated rings. The third-order valence-electron chi connectivity index (χ3n) is 2.37. The number of hydrogen-bond donors (Lipinski definition) is 2. The van der Waals surface area contributed by atoms with Crippen LogP contribution < -0.4 is 10.6 Å². The molecule has 1 rings (SSSR count). The number of halogens is 1. The number of hydrogen-bond acceptors (Lipinski definition) is 7. The van der Waals surface area contributed by atoms with Crippen LogP contribution in [0.4, 0.5) is 11.9 Å². The average molecular weight is 304 g/mol. The number of aromatic nitrogens is 3. The lowest BCUT2D eigenvalue weighted by Gasteiger charge is -2.07. The van der Waals surface area contributed by atoms with Crippen molar-refractivity contribution in [1.82, 2.24) is 15.0 Å². The van der Waals surface area contributed by atoms with Gasteiger partial charge in [-0.05, 0) is 31.4 Å². The molecule has 1 aromatic rings. The third-order valence-corrected chi connectivity index (χ3v) is 2.54. The van der Waals surface area contributed by atoms with Crippen molar-refractivity contribution in [3.8, 4) is 0 Å². The van der Waals surface area contributed by atoms with Gasteiger partial charge in [-0.15, -0.1) is 0 Å². The van der Waals surface area contributed by atoms with E-state index in [2.05, 4.69) is 25.6 Å². The first-order valence-electron chi connectivity index (χ1n) is 6.72. The first-order chi connectivity index (χ1) is 9.76. The molecule has 8 heteroatoms. The van der Waals surface area contributed by atoms with Gasteiger partial charge < -0.3 is 20.1 Å². The summed E-state index contributed by atoms with van der Waals surface area (Å²) in [4.78, 5) is 12.2.